The average Bonchev–Trinajstić information content (AvgIpc) is 3.47. The fourth-order valence-corrected chi connectivity index (χ4v) is 5.14. The Kier molecular flexibility index (Phi) is 6.24. The molecule has 188 valence electrons. The van der Waals surface area contributed by atoms with Crippen molar-refractivity contribution in [3.63, 3.8) is 0 Å². The number of halogens is 3. The van der Waals surface area contributed by atoms with E-state index in [-0.39, 0.29) is 31.5 Å². The van der Waals surface area contributed by atoms with Gasteiger partial charge in [-0.1, -0.05) is 13.3 Å². The van der Waals surface area contributed by atoms with Crippen LogP contribution in [-0.2, 0) is 30.4 Å². The van der Waals surface area contributed by atoms with Gasteiger partial charge in [-0.25, -0.2) is 4.79 Å². The molecular weight excluding hydrogens is 497 g/mol. The summed E-state index contributed by atoms with van der Waals surface area (Å²) in [7, 11) is 1.30. The summed E-state index contributed by atoms with van der Waals surface area (Å²) >= 11 is 1.53. The summed E-state index contributed by atoms with van der Waals surface area (Å²) in [5, 5.41) is 7.94. The Morgan fingerprint density at radius 2 is 1.92 bits per heavy atom. The zero-order valence-electron chi connectivity index (χ0n) is 19.4. The third-order valence-corrected chi connectivity index (χ3v) is 6.78. The zero-order valence-corrected chi connectivity index (χ0v) is 20.2. The Balaban J connectivity index is 1.49. The molecule has 1 aliphatic heterocycles. The second kappa shape index (κ2) is 9.37. The molecule has 1 aliphatic rings. The minimum absolute atomic E-state index is 0.0693. The maximum Gasteiger partial charge on any atom is 0.451 e. The molecule has 1 aromatic carbocycles. The summed E-state index contributed by atoms with van der Waals surface area (Å²) < 4.78 is 51.5. The monoisotopic (exact) mass is 518 g/mol. The number of aromatic nitrogens is 5. The van der Waals surface area contributed by atoms with E-state index in [4.69, 9.17) is 9.47 Å². The third-order valence-electron chi connectivity index (χ3n) is 5.69. The van der Waals surface area contributed by atoms with Crippen LogP contribution in [0.2, 0.25) is 0 Å². The number of fused-ring (bicyclic) bond motifs is 2. The van der Waals surface area contributed by atoms with Gasteiger partial charge in [-0.2, -0.15) is 23.1 Å². The smallest absolute Gasteiger partial charge is 0.451 e. The Labute approximate surface area is 207 Å². The third kappa shape index (κ3) is 4.57. The Bertz CT molecular complexity index is 1420. The van der Waals surface area contributed by atoms with Crippen LogP contribution in [0.25, 0.3) is 10.2 Å². The van der Waals surface area contributed by atoms with Crippen LogP contribution < -0.4 is 9.64 Å². The quantitative estimate of drug-likeness (QED) is 0.334. The van der Waals surface area contributed by atoms with Crippen LogP contribution in [0.5, 0.6) is 11.8 Å². The van der Waals surface area contributed by atoms with Gasteiger partial charge in [-0.15, -0.1) is 21.5 Å². The number of hydrogen-bond donors (Lipinski definition) is 0. The number of carbonyl (C=O) groups excluding carboxylic acids is 1. The first-order valence-electron chi connectivity index (χ1n) is 11.2. The fraction of sp³-hybridized carbons (Fsp3) is 0.348. The molecule has 0 N–H and O–H groups in total. The largest absolute Gasteiger partial charge is 0.465 e. The highest BCUT2D eigenvalue weighted by Gasteiger charge is 2.39. The molecule has 3 aromatic heterocycles. The number of nitrogens with zero attached hydrogens (tertiary/aromatic N) is 6. The van der Waals surface area contributed by atoms with Crippen molar-refractivity contribution in [2.45, 2.75) is 39.0 Å². The molecule has 0 fully saturated rings. The van der Waals surface area contributed by atoms with Crippen molar-refractivity contribution in [2.75, 3.05) is 18.6 Å². The van der Waals surface area contributed by atoms with Crippen LogP contribution in [0.1, 0.15) is 40.2 Å². The maximum atomic E-state index is 13.3. The number of benzene rings is 1. The van der Waals surface area contributed by atoms with E-state index in [1.54, 1.807) is 24.3 Å². The van der Waals surface area contributed by atoms with Crippen molar-refractivity contribution in [1.29, 1.82) is 0 Å². The molecule has 0 amide bonds. The number of ether oxygens (including phenoxy) is 2. The van der Waals surface area contributed by atoms with Crippen molar-refractivity contribution in [1.82, 2.24) is 24.7 Å². The standard InChI is InChI=1S/C23H21F3N6O3S/c1-3-4-15-11-16-18(31-9-10-32-17(12-31)29-30-21(32)23(24,25)26)27-22(28-19(16)36-15)35-14-7-5-13(6-8-14)20(33)34-2/h5-8,11H,3-4,9-10,12H2,1-2H3. The van der Waals surface area contributed by atoms with Gasteiger partial charge in [0, 0.05) is 18.0 Å². The van der Waals surface area contributed by atoms with E-state index in [1.807, 2.05) is 11.0 Å². The first kappa shape index (κ1) is 24.0. The summed E-state index contributed by atoms with van der Waals surface area (Å²) in [4.78, 5) is 24.6. The molecule has 0 bridgehead atoms. The van der Waals surface area contributed by atoms with Gasteiger partial charge in [0.2, 0.25) is 5.82 Å². The lowest BCUT2D eigenvalue weighted by molar-refractivity contribution is -0.147. The summed E-state index contributed by atoms with van der Waals surface area (Å²) in [6.07, 6.45) is -2.74. The maximum absolute atomic E-state index is 13.3. The van der Waals surface area contributed by atoms with E-state index in [0.717, 1.165) is 27.7 Å². The molecule has 36 heavy (non-hydrogen) atoms. The Morgan fingerprint density at radius 1 is 1.14 bits per heavy atom. The number of aryl methyl sites for hydroxylation is 1. The number of alkyl halides is 3. The molecule has 0 aliphatic carbocycles. The molecule has 0 saturated heterocycles. The number of hydrogen-bond acceptors (Lipinski definition) is 9. The van der Waals surface area contributed by atoms with E-state index in [9.17, 15) is 18.0 Å². The number of rotatable bonds is 6. The predicted molar refractivity (Wildman–Crippen MR) is 125 cm³/mol. The van der Waals surface area contributed by atoms with Crippen LogP contribution in [0.3, 0.4) is 0 Å². The first-order chi connectivity index (χ1) is 17.3. The van der Waals surface area contributed by atoms with Crippen LogP contribution in [0, 0.1) is 0 Å². The predicted octanol–water partition coefficient (Wildman–Crippen LogP) is 4.85. The van der Waals surface area contributed by atoms with E-state index < -0.39 is 18.0 Å². The molecule has 5 rings (SSSR count). The van der Waals surface area contributed by atoms with Crippen molar-refractivity contribution < 1.29 is 27.4 Å². The topological polar surface area (TPSA) is 95.3 Å². The minimum atomic E-state index is -4.57. The highest BCUT2D eigenvalue weighted by Crippen LogP contribution is 2.36. The first-order valence-corrected chi connectivity index (χ1v) is 12.0. The van der Waals surface area contributed by atoms with Crippen LogP contribution in [-0.4, -0.2) is 44.4 Å². The second-order valence-electron chi connectivity index (χ2n) is 8.14. The summed E-state index contributed by atoms with van der Waals surface area (Å²) in [5.74, 6) is -0.264. The van der Waals surface area contributed by atoms with Crippen molar-refractivity contribution in [3.8, 4) is 11.8 Å². The highest BCUT2D eigenvalue weighted by molar-refractivity contribution is 7.18. The second-order valence-corrected chi connectivity index (χ2v) is 9.26. The Hall–Kier alpha value is -3.74. The average molecular weight is 519 g/mol. The minimum Gasteiger partial charge on any atom is -0.465 e. The van der Waals surface area contributed by atoms with E-state index >= 15 is 0 Å². The fourth-order valence-electron chi connectivity index (χ4n) is 4.02. The molecule has 0 saturated carbocycles. The van der Waals surface area contributed by atoms with E-state index in [1.165, 1.54) is 18.4 Å². The SMILES string of the molecule is CCCc1cc2c(N3CCn4c(nnc4C(F)(F)F)C3)nc(Oc3ccc(C(=O)OC)cc3)nc2s1. The van der Waals surface area contributed by atoms with Gasteiger partial charge >= 0.3 is 18.2 Å². The molecule has 0 unspecified atom stereocenters. The molecule has 0 radical (unpaired) electrons. The molecule has 0 spiro atoms. The number of carbonyl (C=O) groups is 1. The lowest BCUT2D eigenvalue weighted by Crippen LogP contribution is -2.36. The van der Waals surface area contributed by atoms with E-state index in [0.29, 0.717) is 22.0 Å². The number of esters is 1. The lowest BCUT2D eigenvalue weighted by Gasteiger charge is -2.29. The van der Waals surface area contributed by atoms with Crippen LogP contribution in [0.4, 0.5) is 19.0 Å². The van der Waals surface area contributed by atoms with Gasteiger partial charge in [0.25, 0.3) is 0 Å². The lowest BCUT2D eigenvalue weighted by atomic mass is 10.2. The summed E-state index contributed by atoms with van der Waals surface area (Å²) in [6.45, 7) is 2.55. The van der Waals surface area contributed by atoms with Crippen molar-refractivity contribution in [2.24, 2.45) is 0 Å². The van der Waals surface area contributed by atoms with Gasteiger partial charge in [-0.3, -0.25) is 0 Å². The molecule has 0 atom stereocenters. The van der Waals surface area contributed by atoms with Crippen molar-refractivity contribution in [3.05, 3.63) is 52.4 Å². The Morgan fingerprint density at radius 3 is 2.61 bits per heavy atom. The van der Waals surface area contributed by atoms with Gasteiger partial charge in [0.1, 0.15) is 16.4 Å². The van der Waals surface area contributed by atoms with Crippen LogP contribution in [0.15, 0.2) is 30.3 Å². The summed E-state index contributed by atoms with van der Waals surface area (Å²) in [5.41, 5.74) is 0.375. The van der Waals surface area contributed by atoms with Gasteiger partial charge in [0.05, 0.1) is 24.6 Å². The molecule has 4 aromatic rings. The normalized spacial score (nSPS) is 13.6. The van der Waals surface area contributed by atoms with Gasteiger partial charge < -0.3 is 18.9 Å². The van der Waals surface area contributed by atoms with Crippen LogP contribution >= 0.6 is 11.3 Å². The molecular formula is C23H21F3N6O3S. The molecule has 4 heterocycles. The zero-order chi connectivity index (χ0) is 25.4. The summed E-state index contributed by atoms with van der Waals surface area (Å²) in [6, 6.07) is 8.48. The number of methoxy groups -OCH3 is 1. The van der Waals surface area contributed by atoms with E-state index in [2.05, 4.69) is 27.1 Å². The van der Waals surface area contributed by atoms with Gasteiger partial charge in [-0.05, 0) is 36.8 Å². The van der Waals surface area contributed by atoms with Gasteiger partial charge in [0.15, 0.2) is 5.82 Å². The molecule has 13 heteroatoms. The highest BCUT2D eigenvalue weighted by atomic mass is 32.1. The van der Waals surface area contributed by atoms with Crippen molar-refractivity contribution >= 4 is 33.3 Å². The molecule has 9 nitrogen and oxygen atoms in total. The number of anilines is 1. The number of thiophene rings is 1.